The monoisotopic (exact) mass is 140 g/mol. The van der Waals surface area contributed by atoms with Crippen molar-refractivity contribution in [3.8, 4) is 0 Å². The van der Waals surface area contributed by atoms with Gasteiger partial charge in [0, 0.05) is 0 Å². The van der Waals surface area contributed by atoms with Crippen LogP contribution in [0.15, 0.2) is 0 Å². The highest BCUT2D eigenvalue weighted by Crippen LogP contribution is 2.24. The summed E-state index contributed by atoms with van der Waals surface area (Å²) in [6, 6.07) is 0. The smallest absolute Gasteiger partial charge is 0.00168 e. The minimum Gasteiger partial charge on any atom is -0.317 e. The zero-order valence-electron chi connectivity index (χ0n) is 6.40. The lowest BCUT2D eigenvalue weighted by molar-refractivity contribution is 0.409. The standard InChI is InChI=1S/C8H16N2/c1-3-9-4-2-8-6-10-5-7(1)8/h7-10H,1-6H2. The SMILES string of the molecule is C1CC2CNCC2CCN1. The summed E-state index contributed by atoms with van der Waals surface area (Å²) in [5, 5.41) is 6.91. The van der Waals surface area contributed by atoms with Gasteiger partial charge in [-0.25, -0.2) is 0 Å². The molecule has 0 aromatic carbocycles. The number of hydrogen-bond donors (Lipinski definition) is 2. The average molecular weight is 140 g/mol. The van der Waals surface area contributed by atoms with Gasteiger partial charge in [-0.15, -0.1) is 0 Å². The first kappa shape index (κ1) is 6.62. The largest absolute Gasteiger partial charge is 0.317 e. The van der Waals surface area contributed by atoms with E-state index < -0.39 is 0 Å². The van der Waals surface area contributed by atoms with Crippen LogP contribution in [0.5, 0.6) is 0 Å². The van der Waals surface area contributed by atoms with Crippen LogP contribution in [-0.2, 0) is 0 Å². The molecule has 0 aliphatic carbocycles. The molecule has 0 bridgehead atoms. The van der Waals surface area contributed by atoms with Crippen molar-refractivity contribution >= 4 is 0 Å². The molecule has 0 radical (unpaired) electrons. The van der Waals surface area contributed by atoms with Crippen molar-refractivity contribution in [2.45, 2.75) is 12.8 Å². The van der Waals surface area contributed by atoms with Gasteiger partial charge in [-0.05, 0) is 50.9 Å². The van der Waals surface area contributed by atoms with Crippen LogP contribution in [0.3, 0.4) is 0 Å². The Kier molecular flexibility index (Phi) is 1.91. The summed E-state index contributed by atoms with van der Waals surface area (Å²) in [5.74, 6) is 1.96. The first-order valence-electron chi connectivity index (χ1n) is 4.38. The van der Waals surface area contributed by atoms with E-state index in [1.807, 2.05) is 0 Å². The molecule has 10 heavy (non-hydrogen) atoms. The summed E-state index contributed by atoms with van der Waals surface area (Å²) >= 11 is 0. The van der Waals surface area contributed by atoms with Gasteiger partial charge < -0.3 is 10.6 Å². The lowest BCUT2D eigenvalue weighted by atomic mass is 9.92. The highest BCUT2D eigenvalue weighted by Gasteiger charge is 2.27. The summed E-state index contributed by atoms with van der Waals surface area (Å²) in [7, 11) is 0. The molecule has 0 spiro atoms. The number of fused-ring (bicyclic) bond motifs is 1. The van der Waals surface area contributed by atoms with Gasteiger partial charge in [0.2, 0.25) is 0 Å². The molecule has 2 unspecified atom stereocenters. The van der Waals surface area contributed by atoms with Crippen LogP contribution >= 0.6 is 0 Å². The molecule has 0 amide bonds. The number of nitrogens with one attached hydrogen (secondary N) is 2. The molecule has 2 aliphatic heterocycles. The Morgan fingerprint density at radius 2 is 1.40 bits per heavy atom. The van der Waals surface area contributed by atoms with E-state index >= 15 is 0 Å². The Morgan fingerprint density at radius 1 is 0.800 bits per heavy atom. The second kappa shape index (κ2) is 2.89. The molecule has 2 atom stereocenters. The zero-order chi connectivity index (χ0) is 6.81. The summed E-state index contributed by atoms with van der Waals surface area (Å²) in [4.78, 5) is 0. The van der Waals surface area contributed by atoms with E-state index in [9.17, 15) is 0 Å². The maximum absolute atomic E-state index is 3.46. The van der Waals surface area contributed by atoms with Crippen LogP contribution in [0.4, 0.5) is 0 Å². The van der Waals surface area contributed by atoms with Crippen LogP contribution in [0, 0.1) is 11.8 Å². The highest BCUT2D eigenvalue weighted by molar-refractivity contribution is 4.83. The van der Waals surface area contributed by atoms with E-state index in [1.54, 1.807) is 0 Å². The quantitative estimate of drug-likeness (QED) is 0.502. The lowest BCUT2D eigenvalue weighted by Crippen LogP contribution is -2.17. The van der Waals surface area contributed by atoms with Gasteiger partial charge in [-0.1, -0.05) is 0 Å². The maximum Gasteiger partial charge on any atom is -0.00168 e. The van der Waals surface area contributed by atoms with Gasteiger partial charge in [0.25, 0.3) is 0 Å². The van der Waals surface area contributed by atoms with Crippen molar-refractivity contribution < 1.29 is 0 Å². The van der Waals surface area contributed by atoms with Crippen molar-refractivity contribution in [2.24, 2.45) is 11.8 Å². The number of rotatable bonds is 0. The summed E-state index contributed by atoms with van der Waals surface area (Å²) < 4.78 is 0. The Balaban J connectivity index is 1.95. The fourth-order valence-electron chi connectivity index (χ4n) is 2.16. The van der Waals surface area contributed by atoms with Crippen molar-refractivity contribution in [2.75, 3.05) is 26.2 Å². The second-order valence-corrected chi connectivity index (χ2v) is 3.51. The molecule has 2 fully saturated rings. The lowest BCUT2D eigenvalue weighted by Gasteiger charge is -2.12. The minimum absolute atomic E-state index is 0.981. The average Bonchev–Trinajstić information content (AvgIpc) is 2.28. The van der Waals surface area contributed by atoms with E-state index in [0.717, 1.165) is 11.8 Å². The van der Waals surface area contributed by atoms with Crippen LogP contribution < -0.4 is 10.6 Å². The molecule has 2 nitrogen and oxygen atoms in total. The predicted octanol–water partition coefficient (Wildman–Crippen LogP) is 0.205. The van der Waals surface area contributed by atoms with Crippen molar-refractivity contribution in [1.82, 2.24) is 10.6 Å². The Morgan fingerprint density at radius 3 is 2.00 bits per heavy atom. The van der Waals surface area contributed by atoms with Crippen molar-refractivity contribution in [3.05, 3.63) is 0 Å². The van der Waals surface area contributed by atoms with Crippen LogP contribution in [0.25, 0.3) is 0 Å². The Bertz CT molecular complexity index is 102. The van der Waals surface area contributed by atoms with Crippen molar-refractivity contribution in [1.29, 1.82) is 0 Å². The summed E-state index contributed by atoms with van der Waals surface area (Å²) in [6.45, 7) is 5.02. The molecule has 2 heteroatoms. The van der Waals surface area contributed by atoms with Gasteiger partial charge >= 0.3 is 0 Å². The van der Waals surface area contributed by atoms with E-state index in [-0.39, 0.29) is 0 Å². The second-order valence-electron chi connectivity index (χ2n) is 3.51. The Hall–Kier alpha value is -0.0800. The molecule has 2 saturated heterocycles. The van der Waals surface area contributed by atoms with Gasteiger partial charge in [-0.3, -0.25) is 0 Å². The molecule has 2 heterocycles. The first-order chi connectivity index (χ1) is 4.97. The molecule has 2 rings (SSSR count). The summed E-state index contributed by atoms with van der Waals surface area (Å²) in [6.07, 6.45) is 2.77. The maximum atomic E-state index is 3.46. The van der Waals surface area contributed by atoms with E-state index in [1.165, 1.54) is 39.0 Å². The molecule has 0 aromatic heterocycles. The Labute approximate surface area is 62.4 Å². The molecule has 0 saturated carbocycles. The fraction of sp³-hybridized carbons (Fsp3) is 1.00. The van der Waals surface area contributed by atoms with Gasteiger partial charge in [0.05, 0.1) is 0 Å². The van der Waals surface area contributed by atoms with Gasteiger partial charge in [0.1, 0.15) is 0 Å². The highest BCUT2D eigenvalue weighted by atomic mass is 14.9. The molecule has 2 aliphatic rings. The zero-order valence-corrected chi connectivity index (χ0v) is 6.40. The van der Waals surface area contributed by atoms with E-state index in [2.05, 4.69) is 10.6 Å². The molecule has 0 aromatic rings. The third-order valence-corrected chi connectivity index (χ3v) is 2.86. The first-order valence-corrected chi connectivity index (χ1v) is 4.38. The summed E-state index contributed by atoms with van der Waals surface area (Å²) in [5.41, 5.74) is 0. The van der Waals surface area contributed by atoms with Gasteiger partial charge in [-0.2, -0.15) is 0 Å². The third kappa shape index (κ3) is 1.18. The fourth-order valence-corrected chi connectivity index (χ4v) is 2.16. The molecule has 58 valence electrons. The number of hydrogen-bond acceptors (Lipinski definition) is 2. The molecule has 2 N–H and O–H groups in total. The van der Waals surface area contributed by atoms with Crippen molar-refractivity contribution in [3.63, 3.8) is 0 Å². The minimum atomic E-state index is 0.981. The topological polar surface area (TPSA) is 24.1 Å². The molecular weight excluding hydrogens is 124 g/mol. The van der Waals surface area contributed by atoms with E-state index in [4.69, 9.17) is 0 Å². The van der Waals surface area contributed by atoms with Crippen LogP contribution in [0.1, 0.15) is 12.8 Å². The predicted molar refractivity (Wildman–Crippen MR) is 42.0 cm³/mol. The van der Waals surface area contributed by atoms with Gasteiger partial charge in [0.15, 0.2) is 0 Å². The third-order valence-electron chi connectivity index (χ3n) is 2.86. The van der Waals surface area contributed by atoms with E-state index in [0.29, 0.717) is 0 Å². The normalized spacial score (nSPS) is 40.8. The van der Waals surface area contributed by atoms with Crippen LogP contribution in [0.2, 0.25) is 0 Å². The van der Waals surface area contributed by atoms with Crippen LogP contribution in [-0.4, -0.2) is 26.2 Å². The molecular formula is C8H16N2.